The lowest BCUT2D eigenvalue weighted by Gasteiger charge is -2.35. The number of nitrogens with one attached hydrogen (secondary N) is 1. The van der Waals surface area contributed by atoms with Gasteiger partial charge in [0, 0.05) is 11.6 Å². The first kappa shape index (κ1) is 17.7. The molecule has 1 aromatic rings. The molecule has 1 spiro atoms. The van der Waals surface area contributed by atoms with E-state index in [0.29, 0.717) is 36.8 Å². The Bertz CT molecular complexity index is 760. The van der Waals surface area contributed by atoms with Crippen molar-refractivity contribution in [2.24, 2.45) is 0 Å². The fourth-order valence-corrected chi connectivity index (χ4v) is 3.49. The summed E-state index contributed by atoms with van der Waals surface area (Å²) in [5, 5.41) is 20.6. The van der Waals surface area contributed by atoms with Gasteiger partial charge in [-0.1, -0.05) is 0 Å². The molecule has 8 nitrogen and oxygen atoms in total. The predicted octanol–water partition coefficient (Wildman–Crippen LogP) is 1.51. The molecule has 1 aromatic carbocycles. The summed E-state index contributed by atoms with van der Waals surface area (Å²) >= 11 is 0. The Hall–Kier alpha value is -3.08. The van der Waals surface area contributed by atoms with Gasteiger partial charge in [0.25, 0.3) is 5.91 Å². The Morgan fingerprint density at radius 2 is 1.96 bits per heavy atom. The molecule has 1 aliphatic heterocycles. The summed E-state index contributed by atoms with van der Waals surface area (Å²) in [7, 11) is 0. The standard InChI is InChI=1S/C18H19N3O5/c19-9-12-1-3-13(4-2-12)16(24)20-14-5-7-18(8-6-14)11-21(10-15(22)23)17(25)26-18/h1-4,14H,5-8,10-11H2,(H,20,24)(H,22,23). The highest BCUT2D eigenvalue weighted by atomic mass is 16.6. The van der Waals surface area contributed by atoms with E-state index in [9.17, 15) is 14.4 Å². The average molecular weight is 357 g/mol. The highest BCUT2D eigenvalue weighted by Gasteiger charge is 2.47. The molecular weight excluding hydrogens is 338 g/mol. The van der Waals surface area contributed by atoms with E-state index < -0.39 is 17.7 Å². The Labute approximate surface area is 150 Å². The van der Waals surface area contributed by atoms with Gasteiger partial charge in [0.2, 0.25) is 0 Å². The molecule has 2 aliphatic rings. The van der Waals surface area contributed by atoms with E-state index in [0.717, 1.165) is 0 Å². The second kappa shape index (κ2) is 7.04. The molecular formula is C18H19N3O5. The van der Waals surface area contributed by atoms with Crippen molar-refractivity contribution < 1.29 is 24.2 Å². The first-order valence-corrected chi connectivity index (χ1v) is 8.41. The molecule has 0 aromatic heterocycles. The van der Waals surface area contributed by atoms with Crippen LogP contribution < -0.4 is 5.32 Å². The molecule has 0 unspecified atom stereocenters. The Kier molecular flexibility index (Phi) is 4.80. The van der Waals surface area contributed by atoms with Gasteiger partial charge in [-0.3, -0.25) is 14.5 Å². The number of amides is 2. The molecule has 0 radical (unpaired) electrons. The molecule has 0 bridgehead atoms. The van der Waals surface area contributed by atoms with Gasteiger partial charge in [-0.2, -0.15) is 5.26 Å². The second-order valence-electron chi connectivity index (χ2n) is 6.74. The second-order valence-corrected chi connectivity index (χ2v) is 6.74. The molecule has 1 saturated heterocycles. The first-order chi connectivity index (χ1) is 12.4. The van der Waals surface area contributed by atoms with Crippen LogP contribution >= 0.6 is 0 Å². The maximum absolute atomic E-state index is 12.3. The van der Waals surface area contributed by atoms with Crippen LogP contribution in [0.3, 0.4) is 0 Å². The van der Waals surface area contributed by atoms with E-state index in [2.05, 4.69) is 5.32 Å². The monoisotopic (exact) mass is 357 g/mol. The topological polar surface area (TPSA) is 120 Å². The van der Waals surface area contributed by atoms with Crippen LogP contribution in [-0.2, 0) is 9.53 Å². The number of carbonyl (C=O) groups excluding carboxylic acids is 2. The van der Waals surface area contributed by atoms with Gasteiger partial charge in [0.1, 0.15) is 12.1 Å². The molecule has 3 rings (SSSR count). The molecule has 2 fully saturated rings. The third-order valence-electron chi connectivity index (χ3n) is 4.88. The third-order valence-corrected chi connectivity index (χ3v) is 4.88. The highest BCUT2D eigenvalue weighted by Crippen LogP contribution is 2.37. The van der Waals surface area contributed by atoms with Crippen molar-refractivity contribution in [1.29, 1.82) is 5.26 Å². The number of carboxylic acids is 1. The number of hydrogen-bond donors (Lipinski definition) is 2. The van der Waals surface area contributed by atoms with Gasteiger partial charge >= 0.3 is 12.1 Å². The fraction of sp³-hybridized carbons (Fsp3) is 0.444. The number of aliphatic carboxylic acids is 1. The van der Waals surface area contributed by atoms with Crippen molar-refractivity contribution in [1.82, 2.24) is 10.2 Å². The van der Waals surface area contributed by atoms with Gasteiger partial charge in [-0.05, 0) is 49.9 Å². The number of ether oxygens (including phenoxy) is 1. The number of hydrogen-bond acceptors (Lipinski definition) is 5. The zero-order valence-electron chi connectivity index (χ0n) is 14.1. The van der Waals surface area contributed by atoms with Crippen LogP contribution in [0, 0.1) is 11.3 Å². The van der Waals surface area contributed by atoms with E-state index in [1.165, 1.54) is 4.90 Å². The van der Waals surface area contributed by atoms with E-state index in [1.807, 2.05) is 6.07 Å². The molecule has 0 atom stereocenters. The van der Waals surface area contributed by atoms with E-state index in [-0.39, 0.29) is 25.0 Å². The number of rotatable bonds is 4. The van der Waals surface area contributed by atoms with Crippen LogP contribution in [0.5, 0.6) is 0 Å². The van der Waals surface area contributed by atoms with Gasteiger partial charge < -0.3 is 15.2 Å². The van der Waals surface area contributed by atoms with Gasteiger partial charge in [-0.15, -0.1) is 0 Å². The Morgan fingerprint density at radius 1 is 1.31 bits per heavy atom. The normalized spacial score (nSPS) is 24.8. The molecule has 136 valence electrons. The van der Waals surface area contributed by atoms with E-state index in [1.54, 1.807) is 24.3 Å². The van der Waals surface area contributed by atoms with Crippen molar-refractivity contribution in [3.8, 4) is 6.07 Å². The minimum atomic E-state index is -1.07. The lowest BCUT2D eigenvalue weighted by atomic mass is 9.82. The number of nitriles is 1. The zero-order valence-corrected chi connectivity index (χ0v) is 14.1. The molecule has 26 heavy (non-hydrogen) atoms. The summed E-state index contributed by atoms with van der Waals surface area (Å²) in [6.07, 6.45) is 1.86. The maximum atomic E-state index is 12.3. The number of nitrogens with zero attached hydrogens (tertiary/aromatic N) is 2. The van der Waals surface area contributed by atoms with Gasteiger partial charge in [-0.25, -0.2) is 4.79 Å². The Morgan fingerprint density at radius 3 is 2.54 bits per heavy atom. The summed E-state index contributed by atoms with van der Waals surface area (Å²) < 4.78 is 5.45. The largest absolute Gasteiger partial charge is 0.480 e. The molecule has 1 saturated carbocycles. The average Bonchev–Trinajstić information content (AvgIpc) is 2.91. The summed E-state index contributed by atoms with van der Waals surface area (Å²) in [5.74, 6) is -1.27. The molecule has 2 N–H and O–H groups in total. The van der Waals surface area contributed by atoms with Gasteiger partial charge in [0.05, 0.1) is 18.2 Å². The summed E-state index contributed by atoms with van der Waals surface area (Å²) in [6.45, 7) is -0.0894. The molecule has 1 aliphatic carbocycles. The maximum Gasteiger partial charge on any atom is 0.411 e. The fourth-order valence-electron chi connectivity index (χ4n) is 3.49. The number of carbonyl (C=O) groups is 3. The third kappa shape index (κ3) is 3.77. The van der Waals surface area contributed by atoms with Crippen LogP contribution in [0.4, 0.5) is 4.79 Å². The number of benzene rings is 1. The van der Waals surface area contributed by atoms with Crippen molar-refractivity contribution in [2.75, 3.05) is 13.1 Å². The smallest absolute Gasteiger partial charge is 0.411 e. The van der Waals surface area contributed by atoms with Crippen LogP contribution in [0.15, 0.2) is 24.3 Å². The van der Waals surface area contributed by atoms with Crippen molar-refractivity contribution in [2.45, 2.75) is 37.3 Å². The molecule has 2 amide bonds. The quantitative estimate of drug-likeness (QED) is 0.843. The number of carboxylic acid groups (broad SMARTS) is 1. The zero-order chi connectivity index (χ0) is 18.7. The Balaban J connectivity index is 1.54. The van der Waals surface area contributed by atoms with Crippen LogP contribution in [-0.4, -0.2) is 52.7 Å². The SMILES string of the molecule is N#Cc1ccc(C(=O)NC2CCC3(CC2)CN(CC(=O)O)C(=O)O3)cc1. The van der Waals surface area contributed by atoms with Crippen LogP contribution in [0.1, 0.15) is 41.6 Å². The van der Waals surface area contributed by atoms with Crippen molar-refractivity contribution >= 4 is 18.0 Å². The molecule has 8 heteroatoms. The van der Waals surface area contributed by atoms with Crippen LogP contribution in [0.25, 0.3) is 0 Å². The minimum absolute atomic E-state index is 0.0315. The molecule has 1 heterocycles. The van der Waals surface area contributed by atoms with Gasteiger partial charge in [0.15, 0.2) is 0 Å². The van der Waals surface area contributed by atoms with Crippen molar-refractivity contribution in [3.63, 3.8) is 0 Å². The van der Waals surface area contributed by atoms with E-state index in [4.69, 9.17) is 15.1 Å². The minimum Gasteiger partial charge on any atom is -0.480 e. The summed E-state index contributed by atoms with van der Waals surface area (Å²) in [6, 6.07) is 8.39. The van der Waals surface area contributed by atoms with Crippen LogP contribution in [0.2, 0.25) is 0 Å². The highest BCUT2D eigenvalue weighted by molar-refractivity contribution is 5.94. The predicted molar refractivity (Wildman–Crippen MR) is 89.3 cm³/mol. The summed E-state index contributed by atoms with van der Waals surface area (Å²) in [4.78, 5) is 36.1. The lowest BCUT2D eigenvalue weighted by molar-refractivity contribution is -0.137. The first-order valence-electron chi connectivity index (χ1n) is 8.41. The van der Waals surface area contributed by atoms with Crippen molar-refractivity contribution in [3.05, 3.63) is 35.4 Å². The summed E-state index contributed by atoms with van der Waals surface area (Å²) in [5.41, 5.74) is 0.335. The van der Waals surface area contributed by atoms with E-state index >= 15 is 0 Å². The lowest BCUT2D eigenvalue weighted by Crippen LogP contribution is -2.45.